The van der Waals surface area contributed by atoms with Gasteiger partial charge in [-0.2, -0.15) is 0 Å². The lowest BCUT2D eigenvalue weighted by molar-refractivity contribution is -0.136. The average Bonchev–Trinajstić information content (AvgIpc) is 2.82. The number of dihydropyridines is 1. The Morgan fingerprint density at radius 2 is 1.76 bits per heavy atom. The molecule has 1 aliphatic heterocycles. The molecule has 0 fully saturated rings. The van der Waals surface area contributed by atoms with Gasteiger partial charge in [0.2, 0.25) is 0 Å². The highest BCUT2D eigenvalue weighted by atomic mass is 35.5. The lowest BCUT2D eigenvalue weighted by Crippen LogP contribution is -2.36. The minimum Gasteiger partial charge on any atom is -0.497 e. The van der Waals surface area contributed by atoms with Crippen molar-refractivity contribution in [2.45, 2.75) is 31.6 Å². The SMILES string of the molecule is COC(=O)C1=C(C)NC2=C(C(=O)C[C@@H](c3ccc(Cl)cc3)C2)[C@@H]1c1ccc(OC)cc1OC. The highest BCUT2D eigenvalue weighted by Gasteiger charge is 2.42. The zero-order valence-electron chi connectivity index (χ0n) is 19.0. The van der Waals surface area contributed by atoms with Crippen LogP contribution in [0.1, 0.15) is 42.7 Å². The maximum absolute atomic E-state index is 13.6. The Morgan fingerprint density at radius 1 is 1.03 bits per heavy atom. The van der Waals surface area contributed by atoms with Crippen molar-refractivity contribution in [2.24, 2.45) is 0 Å². The fourth-order valence-corrected chi connectivity index (χ4v) is 4.88. The summed E-state index contributed by atoms with van der Waals surface area (Å²) >= 11 is 6.05. The van der Waals surface area contributed by atoms with Crippen LogP contribution in [0.25, 0.3) is 0 Å². The third kappa shape index (κ3) is 4.23. The second kappa shape index (κ2) is 9.32. The first kappa shape index (κ1) is 22.9. The molecule has 0 aromatic heterocycles. The minimum absolute atomic E-state index is 0.0134. The molecule has 0 bridgehead atoms. The van der Waals surface area contributed by atoms with Crippen LogP contribution in [-0.2, 0) is 14.3 Å². The van der Waals surface area contributed by atoms with Crippen molar-refractivity contribution in [1.29, 1.82) is 0 Å². The standard InChI is InChI=1S/C26H26ClNO5/c1-14-23(26(30)33-4)24(19-10-9-18(31-2)13-22(19)32-3)25-20(28-14)11-16(12-21(25)29)15-5-7-17(27)8-6-15/h5-10,13,16,24,28H,11-12H2,1-4H3/t16-,24+/m0/s1. The fraction of sp³-hybridized carbons (Fsp3) is 0.308. The van der Waals surface area contributed by atoms with Gasteiger partial charge in [0.05, 0.1) is 32.8 Å². The second-order valence-corrected chi connectivity index (χ2v) is 8.60. The molecule has 2 aliphatic rings. The molecule has 7 heteroatoms. The van der Waals surface area contributed by atoms with Gasteiger partial charge in [-0.25, -0.2) is 4.79 Å². The monoisotopic (exact) mass is 467 g/mol. The van der Waals surface area contributed by atoms with Crippen molar-refractivity contribution in [1.82, 2.24) is 5.32 Å². The Kier molecular flexibility index (Phi) is 6.47. The van der Waals surface area contributed by atoms with Crippen LogP contribution < -0.4 is 14.8 Å². The number of carbonyl (C=O) groups excluding carboxylic acids is 2. The molecule has 0 radical (unpaired) electrons. The van der Waals surface area contributed by atoms with Gasteiger partial charge in [0.15, 0.2) is 5.78 Å². The van der Waals surface area contributed by atoms with Crippen molar-refractivity contribution in [3.63, 3.8) is 0 Å². The summed E-state index contributed by atoms with van der Waals surface area (Å²) in [5.74, 6) is 0.0782. The first-order valence-electron chi connectivity index (χ1n) is 10.7. The largest absolute Gasteiger partial charge is 0.497 e. The van der Waals surface area contributed by atoms with Gasteiger partial charge in [-0.05, 0) is 43.0 Å². The number of allylic oxidation sites excluding steroid dienone is 3. The van der Waals surface area contributed by atoms with Crippen molar-refractivity contribution in [3.8, 4) is 11.5 Å². The molecular weight excluding hydrogens is 442 g/mol. The van der Waals surface area contributed by atoms with Gasteiger partial charge in [-0.1, -0.05) is 29.8 Å². The molecular formula is C26H26ClNO5. The van der Waals surface area contributed by atoms with Gasteiger partial charge < -0.3 is 19.5 Å². The summed E-state index contributed by atoms with van der Waals surface area (Å²) < 4.78 is 16.1. The number of carbonyl (C=O) groups is 2. The van der Waals surface area contributed by atoms with Crippen LogP contribution in [0.5, 0.6) is 11.5 Å². The maximum Gasteiger partial charge on any atom is 0.336 e. The first-order valence-corrected chi connectivity index (χ1v) is 11.1. The first-order chi connectivity index (χ1) is 15.9. The number of esters is 1. The molecule has 2 aromatic rings. The van der Waals surface area contributed by atoms with Crippen molar-refractivity contribution in [2.75, 3.05) is 21.3 Å². The number of benzene rings is 2. The maximum atomic E-state index is 13.6. The van der Waals surface area contributed by atoms with Gasteiger partial charge in [0, 0.05) is 40.0 Å². The number of Topliss-reactive ketones (excluding diaryl/α,β-unsaturated/α-hetero) is 1. The molecule has 2 atom stereocenters. The van der Waals surface area contributed by atoms with E-state index in [1.165, 1.54) is 7.11 Å². The van der Waals surface area contributed by atoms with Gasteiger partial charge in [0.1, 0.15) is 11.5 Å². The summed E-state index contributed by atoms with van der Waals surface area (Å²) in [6, 6.07) is 13.0. The van der Waals surface area contributed by atoms with E-state index >= 15 is 0 Å². The topological polar surface area (TPSA) is 73.9 Å². The molecule has 2 aromatic carbocycles. The summed E-state index contributed by atoms with van der Waals surface area (Å²) in [4.78, 5) is 26.4. The van der Waals surface area contributed by atoms with E-state index < -0.39 is 11.9 Å². The fourth-order valence-electron chi connectivity index (χ4n) is 4.76. The molecule has 4 rings (SSSR count). The molecule has 6 nitrogen and oxygen atoms in total. The molecule has 0 amide bonds. The lowest BCUT2D eigenvalue weighted by Gasteiger charge is -2.37. The predicted octanol–water partition coefficient (Wildman–Crippen LogP) is 4.89. The Balaban J connectivity index is 1.84. The number of rotatable bonds is 5. The number of methoxy groups -OCH3 is 3. The summed E-state index contributed by atoms with van der Waals surface area (Å²) in [6.45, 7) is 1.83. The number of hydrogen-bond donors (Lipinski definition) is 1. The molecule has 0 saturated carbocycles. The normalized spacial score (nSPS) is 20.2. The van der Waals surface area contributed by atoms with E-state index in [1.54, 1.807) is 26.4 Å². The van der Waals surface area contributed by atoms with Crippen LogP contribution in [0, 0.1) is 0 Å². The molecule has 1 N–H and O–H groups in total. The van der Waals surface area contributed by atoms with E-state index in [2.05, 4.69) is 5.32 Å². The van der Waals surface area contributed by atoms with Crippen LogP contribution in [0.2, 0.25) is 5.02 Å². The third-order valence-corrected chi connectivity index (χ3v) is 6.58. The van der Waals surface area contributed by atoms with Gasteiger partial charge in [0.25, 0.3) is 0 Å². The molecule has 1 heterocycles. The Morgan fingerprint density at radius 3 is 2.39 bits per heavy atom. The summed E-state index contributed by atoms with van der Waals surface area (Å²) in [7, 11) is 4.47. The Bertz CT molecular complexity index is 1170. The van der Waals surface area contributed by atoms with Crippen LogP contribution >= 0.6 is 11.6 Å². The van der Waals surface area contributed by atoms with Gasteiger partial charge >= 0.3 is 5.97 Å². The smallest absolute Gasteiger partial charge is 0.336 e. The van der Waals surface area contributed by atoms with Crippen molar-refractivity contribution >= 4 is 23.4 Å². The zero-order valence-corrected chi connectivity index (χ0v) is 19.8. The number of ketones is 1. The second-order valence-electron chi connectivity index (χ2n) is 8.17. The highest BCUT2D eigenvalue weighted by molar-refractivity contribution is 6.30. The molecule has 1 aliphatic carbocycles. The molecule has 0 saturated heterocycles. The van der Waals surface area contributed by atoms with Gasteiger partial charge in [-0.3, -0.25) is 4.79 Å². The molecule has 33 heavy (non-hydrogen) atoms. The average molecular weight is 468 g/mol. The minimum atomic E-state index is -0.603. The summed E-state index contributed by atoms with van der Waals surface area (Å²) in [6.07, 6.45) is 0.980. The Hall–Kier alpha value is -3.25. The third-order valence-electron chi connectivity index (χ3n) is 6.33. The van der Waals surface area contributed by atoms with E-state index in [-0.39, 0.29) is 11.7 Å². The number of ether oxygens (including phenoxy) is 3. The van der Waals surface area contributed by atoms with E-state index in [0.29, 0.717) is 51.8 Å². The van der Waals surface area contributed by atoms with Crippen LogP contribution in [0.3, 0.4) is 0 Å². The van der Waals surface area contributed by atoms with E-state index in [9.17, 15) is 9.59 Å². The van der Waals surface area contributed by atoms with Crippen LogP contribution in [0.4, 0.5) is 0 Å². The molecule has 0 spiro atoms. The van der Waals surface area contributed by atoms with Crippen LogP contribution in [0.15, 0.2) is 65.0 Å². The number of nitrogens with one attached hydrogen (secondary N) is 1. The quantitative estimate of drug-likeness (QED) is 0.631. The van der Waals surface area contributed by atoms with E-state index in [0.717, 1.165) is 11.3 Å². The predicted molar refractivity (Wildman–Crippen MR) is 126 cm³/mol. The molecule has 172 valence electrons. The van der Waals surface area contributed by atoms with E-state index in [4.69, 9.17) is 25.8 Å². The van der Waals surface area contributed by atoms with Crippen molar-refractivity contribution in [3.05, 3.63) is 81.2 Å². The summed E-state index contributed by atoms with van der Waals surface area (Å²) in [5.41, 5.74) is 4.23. The van der Waals surface area contributed by atoms with Crippen molar-refractivity contribution < 1.29 is 23.8 Å². The number of halogens is 1. The Labute approximate surface area is 198 Å². The van der Waals surface area contributed by atoms with E-state index in [1.807, 2.05) is 37.3 Å². The van der Waals surface area contributed by atoms with Crippen LogP contribution in [-0.4, -0.2) is 33.1 Å². The number of hydrogen-bond acceptors (Lipinski definition) is 6. The lowest BCUT2D eigenvalue weighted by atomic mass is 9.71. The summed E-state index contributed by atoms with van der Waals surface area (Å²) in [5, 5.41) is 3.99. The molecule has 0 unspecified atom stereocenters. The highest BCUT2D eigenvalue weighted by Crippen LogP contribution is 2.48. The van der Waals surface area contributed by atoms with Gasteiger partial charge in [-0.15, -0.1) is 0 Å². The zero-order chi connectivity index (χ0) is 23.7.